The molecule has 1 fully saturated rings. The number of hydrogen-bond donors (Lipinski definition) is 1. The van der Waals surface area contributed by atoms with Gasteiger partial charge in [-0.15, -0.1) is 0 Å². The normalized spacial score (nSPS) is 18.5. The molecule has 0 spiro atoms. The zero-order valence-electron chi connectivity index (χ0n) is 11.9. The van der Waals surface area contributed by atoms with Crippen molar-refractivity contribution in [3.05, 3.63) is 52.4 Å². The van der Waals surface area contributed by atoms with Crippen molar-refractivity contribution in [2.45, 2.75) is 12.5 Å². The van der Waals surface area contributed by atoms with Crippen LogP contribution in [0.2, 0.25) is 0 Å². The van der Waals surface area contributed by atoms with E-state index in [0.717, 1.165) is 25.2 Å². The topological polar surface area (TPSA) is 59.5 Å². The maximum Gasteiger partial charge on any atom is 0.200 e. The molecule has 0 radical (unpaired) electrons. The van der Waals surface area contributed by atoms with Gasteiger partial charge in [0, 0.05) is 30.9 Å². The van der Waals surface area contributed by atoms with Crippen molar-refractivity contribution >= 4 is 27.6 Å². The molecule has 0 bridgehead atoms. The Labute approximate surface area is 125 Å². The number of benzene rings is 2. The van der Waals surface area contributed by atoms with Gasteiger partial charge in [0.2, 0.25) is 5.43 Å². The highest BCUT2D eigenvalue weighted by atomic mass is 19.1. The molecule has 0 saturated carbocycles. The average Bonchev–Trinajstić information content (AvgIpc) is 2.95. The van der Waals surface area contributed by atoms with Gasteiger partial charge in [-0.3, -0.25) is 4.79 Å². The zero-order valence-corrected chi connectivity index (χ0v) is 11.9. The second kappa shape index (κ2) is 4.81. The van der Waals surface area contributed by atoms with Crippen molar-refractivity contribution in [1.29, 1.82) is 0 Å². The highest BCUT2D eigenvalue weighted by molar-refractivity contribution is 5.91. The maximum atomic E-state index is 13.9. The van der Waals surface area contributed by atoms with Crippen LogP contribution in [0, 0.1) is 5.82 Å². The first kappa shape index (κ1) is 13.3. The first-order valence-corrected chi connectivity index (χ1v) is 7.29. The fraction of sp³-hybridized carbons (Fsp3) is 0.235. The maximum absolute atomic E-state index is 13.9. The molecule has 1 aliphatic heterocycles. The quantitative estimate of drug-likeness (QED) is 0.702. The van der Waals surface area contributed by atoms with Crippen molar-refractivity contribution in [3.8, 4) is 0 Å². The van der Waals surface area contributed by atoms with Crippen molar-refractivity contribution in [1.82, 2.24) is 0 Å². The van der Waals surface area contributed by atoms with Crippen LogP contribution in [0.15, 0.2) is 45.6 Å². The van der Waals surface area contributed by atoms with E-state index in [1.807, 2.05) is 6.07 Å². The SMILES string of the molecule is NC1CCN(c2ccc3c(=O)c4cccc(F)c4oc3c2)C1. The lowest BCUT2D eigenvalue weighted by Crippen LogP contribution is -2.26. The van der Waals surface area contributed by atoms with Crippen LogP contribution in [-0.2, 0) is 0 Å². The van der Waals surface area contributed by atoms with Crippen LogP contribution < -0.4 is 16.1 Å². The Morgan fingerprint density at radius 2 is 2.09 bits per heavy atom. The summed E-state index contributed by atoms with van der Waals surface area (Å²) in [7, 11) is 0. The third-order valence-electron chi connectivity index (χ3n) is 4.22. The first-order valence-electron chi connectivity index (χ1n) is 7.29. The van der Waals surface area contributed by atoms with E-state index in [4.69, 9.17) is 10.2 Å². The summed E-state index contributed by atoms with van der Waals surface area (Å²) in [6.07, 6.45) is 0.939. The fourth-order valence-electron chi connectivity index (χ4n) is 3.05. The molecule has 0 aliphatic carbocycles. The van der Waals surface area contributed by atoms with Gasteiger partial charge >= 0.3 is 0 Å². The monoisotopic (exact) mass is 298 g/mol. The molecule has 1 aliphatic rings. The molecule has 0 amide bonds. The van der Waals surface area contributed by atoms with E-state index in [0.29, 0.717) is 11.0 Å². The van der Waals surface area contributed by atoms with Crippen molar-refractivity contribution in [3.63, 3.8) is 0 Å². The molecule has 5 heteroatoms. The van der Waals surface area contributed by atoms with Gasteiger partial charge in [-0.1, -0.05) is 6.07 Å². The zero-order chi connectivity index (χ0) is 15.3. The van der Waals surface area contributed by atoms with E-state index < -0.39 is 5.82 Å². The molecule has 4 rings (SSSR count). The van der Waals surface area contributed by atoms with Crippen molar-refractivity contribution in [2.24, 2.45) is 5.73 Å². The lowest BCUT2D eigenvalue weighted by molar-refractivity contribution is 0.579. The minimum Gasteiger partial charge on any atom is -0.453 e. The Hall–Kier alpha value is -2.40. The molecular weight excluding hydrogens is 283 g/mol. The predicted octanol–water partition coefficient (Wildman–Crippen LogP) is 2.62. The summed E-state index contributed by atoms with van der Waals surface area (Å²) < 4.78 is 19.5. The Balaban J connectivity index is 1.94. The van der Waals surface area contributed by atoms with E-state index in [1.54, 1.807) is 18.2 Å². The molecule has 22 heavy (non-hydrogen) atoms. The van der Waals surface area contributed by atoms with E-state index in [1.165, 1.54) is 12.1 Å². The number of nitrogens with zero attached hydrogens (tertiary/aromatic N) is 1. The van der Waals surface area contributed by atoms with E-state index >= 15 is 0 Å². The molecule has 1 saturated heterocycles. The van der Waals surface area contributed by atoms with Gasteiger partial charge < -0.3 is 15.1 Å². The summed E-state index contributed by atoms with van der Waals surface area (Å²) in [5, 5.41) is 0.730. The van der Waals surface area contributed by atoms with Gasteiger partial charge in [0.1, 0.15) is 5.58 Å². The van der Waals surface area contributed by atoms with E-state index in [9.17, 15) is 9.18 Å². The lowest BCUT2D eigenvalue weighted by Gasteiger charge is -2.18. The lowest BCUT2D eigenvalue weighted by atomic mass is 10.1. The number of rotatable bonds is 1. The second-order valence-electron chi connectivity index (χ2n) is 5.72. The highest BCUT2D eigenvalue weighted by Gasteiger charge is 2.20. The van der Waals surface area contributed by atoms with E-state index in [2.05, 4.69) is 4.90 Å². The third kappa shape index (κ3) is 1.97. The number of anilines is 1. The second-order valence-corrected chi connectivity index (χ2v) is 5.72. The summed E-state index contributed by atoms with van der Waals surface area (Å²) in [6, 6.07) is 9.97. The Morgan fingerprint density at radius 1 is 1.23 bits per heavy atom. The molecule has 1 atom stereocenters. The summed E-state index contributed by atoms with van der Waals surface area (Å²) in [5.74, 6) is -0.523. The Kier molecular flexibility index (Phi) is 2.90. The Morgan fingerprint density at radius 3 is 2.86 bits per heavy atom. The van der Waals surface area contributed by atoms with Crippen LogP contribution in [0.4, 0.5) is 10.1 Å². The van der Waals surface area contributed by atoms with Crippen LogP contribution in [0.5, 0.6) is 0 Å². The number of fused-ring (bicyclic) bond motifs is 2. The summed E-state index contributed by atoms with van der Waals surface area (Å²) in [4.78, 5) is 14.6. The number of halogens is 1. The smallest absolute Gasteiger partial charge is 0.200 e. The predicted molar refractivity (Wildman–Crippen MR) is 84.8 cm³/mol. The summed E-state index contributed by atoms with van der Waals surface area (Å²) in [5.41, 5.74) is 7.08. The van der Waals surface area contributed by atoms with Crippen LogP contribution in [0.3, 0.4) is 0 Å². The van der Waals surface area contributed by atoms with Gasteiger partial charge in [0.15, 0.2) is 11.4 Å². The largest absolute Gasteiger partial charge is 0.453 e. The Bertz CT molecular complexity index is 935. The average molecular weight is 298 g/mol. The number of hydrogen-bond acceptors (Lipinski definition) is 4. The van der Waals surface area contributed by atoms with Crippen LogP contribution in [0.1, 0.15) is 6.42 Å². The molecule has 3 aromatic rings. The highest BCUT2D eigenvalue weighted by Crippen LogP contribution is 2.26. The van der Waals surface area contributed by atoms with Gasteiger partial charge in [0.25, 0.3) is 0 Å². The molecule has 112 valence electrons. The molecule has 1 aromatic heterocycles. The third-order valence-corrected chi connectivity index (χ3v) is 4.22. The van der Waals surface area contributed by atoms with Crippen molar-refractivity contribution < 1.29 is 8.81 Å². The summed E-state index contributed by atoms with van der Waals surface area (Å²) >= 11 is 0. The molecule has 2 heterocycles. The molecule has 2 aromatic carbocycles. The van der Waals surface area contributed by atoms with Crippen LogP contribution in [-0.4, -0.2) is 19.1 Å². The van der Waals surface area contributed by atoms with Gasteiger partial charge in [-0.25, -0.2) is 4.39 Å². The van der Waals surface area contributed by atoms with Crippen LogP contribution in [0.25, 0.3) is 21.9 Å². The summed E-state index contributed by atoms with van der Waals surface area (Å²) in [6.45, 7) is 1.65. The van der Waals surface area contributed by atoms with Gasteiger partial charge in [-0.2, -0.15) is 0 Å². The van der Waals surface area contributed by atoms with E-state index in [-0.39, 0.29) is 22.4 Å². The number of para-hydroxylation sites is 1. The molecule has 2 N–H and O–H groups in total. The number of nitrogens with two attached hydrogens (primary N) is 1. The van der Waals surface area contributed by atoms with Crippen molar-refractivity contribution in [2.75, 3.05) is 18.0 Å². The van der Waals surface area contributed by atoms with Gasteiger partial charge in [0.05, 0.1) is 10.8 Å². The first-order chi connectivity index (χ1) is 10.6. The molecular formula is C17H15FN2O2. The van der Waals surface area contributed by atoms with Gasteiger partial charge in [-0.05, 0) is 30.7 Å². The van der Waals surface area contributed by atoms with Crippen LogP contribution >= 0.6 is 0 Å². The fourth-order valence-corrected chi connectivity index (χ4v) is 3.05. The minimum absolute atomic E-state index is 0.00951. The molecule has 1 unspecified atom stereocenters. The standard InChI is InChI=1S/C17H15FN2O2/c18-14-3-1-2-13-16(21)12-5-4-11(8-15(12)22-17(13)14)20-7-6-10(19)9-20/h1-5,8,10H,6-7,9,19H2. The minimum atomic E-state index is -0.523. The molecule has 4 nitrogen and oxygen atoms in total.